The maximum absolute atomic E-state index is 12.5. The van der Waals surface area contributed by atoms with Crippen molar-refractivity contribution in [2.45, 2.75) is 51.1 Å². The third-order valence-corrected chi connectivity index (χ3v) is 7.01. The van der Waals surface area contributed by atoms with Crippen molar-refractivity contribution in [2.24, 2.45) is 4.99 Å². The summed E-state index contributed by atoms with van der Waals surface area (Å²) >= 11 is 0. The van der Waals surface area contributed by atoms with Crippen LogP contribution in [-0.2, 0) is 21.4 Å². The van der Waals surface area contributed by atoms with Crippen LogP contribution in [0.4, 0.5) is 0 Å². The quantitative estimate of drug-likeness (QED) is 0.293. The van der Waals surface area contributed by atoms with Crippen molar-refractivity contribution in [3.63, 3.8) is 0 Å². The third-order valence-electron chi connectivity index (χ3n) is 4.96. The van der Waals surface area contributed by atoms with E-state index >= 15 is 0 Å². The summed E-state index contributed by atoms with van der Waals surface area (Å²) in [5.41, 5.74) is 0.888. The van der Waals surface area contributed by atoms with Gasteiger partial charge in [0.15, 0.2) is 5.96 Å². The first-order valence-corrected chi connectivity index (χ1v) is 11.6. The number of rotatable bonds is 8. The van der Waals surface area contributed by atoms with Gasteiger partial charge in [-0.05, 0) is 51.3 Å². The molecule has 8 nitrogen and oxygen atoms in total. The molecule has 2 rings (SSSR count). The van der Waals surface area contributed by atoms with Crippen molar-refractivity contribution in [3.05, 3.63) is 29.8 Å². The average Bonchev–Trinajstić information content (AvgIpc) is 3.24. The molecule has 0 atom stereocenters. The summed E-state index contributed by atoms with van der Waals surface area (Å²) in [6.07, 6.45) is 2.14. The van der Waals surface area contributed by atoms with Crippen molar-refractivity contribution in [1.29, 1.82) is 0 Å². The lowest BCUT2D eigenvalue weighted by molar-refractivity contribution is -0.128. The van der Waals surface area contributed by atoms with Crippen LogP contribution >= 0.6 is 24.0 Å². The van der Waals surface area contributed by atoms with Gasteiger partial charge in [-0.1, -0.05) is 12.1 Å². The molecular weight excluding hydrogens is 517 g/mol. The lowest BCUT2D eigenvalue weighted by Gasteiger charge is -2.21. The Balaban J connectivity index is 0.00000450. The van der Waals surface area contributed by atoms with Gasteiger partial charge in [-0.2, -0.15) is 4.31 Å². The number of nitrogens with one attached hydrogen (secondary N) is 2. The van der Waals surface area contributed by atoms with Gasteiger partial charge >= 0.3 is 0 Å². The van der Waals surface area contributed by atoms with Crippen LogP contribution < -0.4 is 10.6 Å². The van der Waals surface area contributed by atoms with Gasteiger partial charge in [0, 0.05) is 32.7 Å². The smallest absolute Gasteiger partial charge is 0.243 e. The second-order valence-electron chi connectivity index (χ2n) is 7.40. The highest BCUT2D eigenvalue weighted by molar-refractivity contribution is 14.0. The molecule has 0 radical (unpaired) electrons. The number of guanidine groups is 1. The van der Waals surface area contributed by atoms with E-state index in [1.165, 1.54) is 4.31 Å². The van der Waals surface area contributed by atoms with Crippen molar-refractivity contribution in [1.82, 2.24) is 19.8 Å². The highest BCUT2D eigenvalue weighted by Gasteiger charge is 2.22. The zero-order valence-electron chi connectivity index (χ0n) is 18.2. The Morgan fingerprint density at radius 2 is 1.77 bits per heavy atom. The molecule has 1 aliphatic rings. The van der Waals surface area contributed by atoms with Crippen LogP contribution in [0.3, 0.4) is 0 Å². The van der Waals surface area contributed by atoms with Crippen LogP contribution in [0.25, 0.3) is 0 Å². The van der Waals surface area contributed by atoms with Crippen LogP contribution in [0.2, 0.25) is 0 Å². The molecule has 0 aliphatic carbocycles. The molecule has 1 aromatic rings. The average molecular weight is 551 g/mol. The summed E-state index contributed by atoms with van der Waals surface area (Å²) in [6.45, 7) is 8.57. The molecule has 1 aromatic carbocycles. The maximum atomic E-state index is 12.5. The number of likely N-dealkylation sites (tertiary alicyclic amines) is 1. The second-order valence-corrected chi connectivity index (χ2v) is 9.39. The Labute approximate surface area is 197 Å². The minimum atomic E-state index is -3.49. The second kappa shape index (κ2) is 12.5. The van der Waals surface area contributed by atoms with Gasteiger partial charge in [-0.25, -0.2) is 13.4 Å². The van der Waals surface area contributed by atoms with Crippen molar-refractivity contribution >= 4 is 45.9 Å². The molecule has 0 saturated carbocycles. The van der Waals surface area contributed by atoms with Crippen LogP contribution in [0.5, 0.6) is 0 Å². The predicted octanol–water partition coefficient (Wildman–Crippen LogP) is 2.01. The van der Waals surface area contributed by atoms with E-state index < -0.39 is 10.0 Å². The van der Waals surface area contributed by atoms with Gasteiger partial charge in [0.1, 0.15) is 0 Å². The molecule has 30 heavy (non-hydrogen) atoms. The van der Waals surface area contributed by atoms with Crippen LogP contribution in [0.1, 0.15) is 39.2 Å². The van der Waals surface area contributed by atoms with E-state index in [1.807, 2.05) is 25.7 Å². The fourth-order valence-electron chi connectivity index (χ4n) is 2.96. The molecular formula is C20H34IN5O3S. The summed E-state index contributed by atoms with van der Waals surface area (Å²) in [4.78, 5) is 18.8. The van der Waals surface area contributed by atoms with E-state index in [2.05, 4.69) is 15.6 Å². The van der Waals surface area contributed by atoms with Crippen molar-refractivity contribution < 1.29 is 13.2 Å². The Kier molecular flexibility index (Phi) is 11.1. The number of amides is 1. The Morgan fingerprint density at radius 1 is 1.17 bits per heavy atom. The summed E-state index contributed by atoms with van der Waals surface area (Å²) in [7, 11) is -1.91. The van der Waals surface area contributed by atoms with Gasteiger partial charge in [-0.3, -0.25) is 4.79 Å². The molecule has 170 valence electrons. The molecule has 2 N–H and O–H groups in total. The van der Waals surface area contributed by atoms with E-state index in [-0.39, 0.29) is 47.4 Å². The number of carbonyl (C=O) groups excluding carboxylic acids is 1. The van der Waals surface area contributed by atoms with Gasteiger partial charge in [-0.15, -0.1) is 24.0 Å². The molecule has 1 amide bonds. The summed E-state index contributed by atoms with van der Waals surface area (Å²) < 4.78 is 26.4. The number of carbonyl (C=O) groups is 1. The van der Waals surface area contributed by atoms with Gasteiger partial charge in [0.2, 0.25) is 15.9 Å². The fourth-order valence-corrected chi connectivity index (χ4v) is 4.33. The number of sulfonamides is 1. The number of hydrogen-bond donors (Lipinski definition) is 2. The molecule has 1 aliphatic heterocycles. The monoisotopic (exact) mass is 551 g/mol. The van der Waals surface area contributed by atoms with Gasteiger partial charge in [0.05, 0.1) is 18.0 Å². The van der Waals surface area contributed by atoms with Gasteiger partial charge < -0.3 is 15.5 Å². The topological polar surface area (TPSA) is 94.1 Å². The lowest BCUT2D eigenvalue weighted by atomic mass is 10.2. The lowest BCUT2D eigenvalue weighted by Crippen LogP contribution is -2.44. The Bertz CT molecular complexity index is 806. The Morgan fingerprint density at radius 3 is 2.30 bits per heavy atom. The number of hydrogen-bond acceptors (Lipinski definition) is 4. The number of aliphatic imine (C=N–C) groups is 1. The largest absolute Gasteiger partial charge is 0.357 e. The molecule has 0 aromatic heterocycles. The predicted molar refractivity (Wildman–Crippen MR) is 131 cm³/mol. The molecule has 10 heteroatoms. The normalized spacial score (nSPS) is 14.7. The SMILES string of the molecule is CCNC(=NCc1ccc(S(=O)(=O)N(C)C(C)C)cc1)NCC(=O)N1CCCC1.I. The molecule has 1 fully saturated rings. The Hall–Kier alpha value is -1.40. The minimum Gasteiger partial charge on any atom is -0.357 e. The van der Waals surface area contributed by atoms with E-state index in [4.69, 9.17) is 0 Å². The van der Waals surface area contributed by atoms with E-state index in [1.54, 1.807) is 31.3 Å². The molecule has 1 saturated heterocycles. The molecule has 0 bridgehead atoms. The maximum Gasteiger partial charge on any atom is 0.243 e. The third kappa shape index (κ3) is 7.38. The van der Waals surface area contributed by atoms with Crippen LogP contribution in [-0.4, -0.2) is 68.8 Å². The number of benzene rings is 1. The van der Waals surface area contributed by atoms with Crippen LogP contribution in [0.15, 0.2) is 34.2 Å². The molecule has 0 unspecified atom stereocenters. The summed E-state index contributed by atoms with van der Waals surface area (Å²) in [5.74, 6) is 0.647. The van der Waals surface area contributed by atoms with Crippen molar-refractivity contribution in [3.8, 4) is 0 Å². The van der Waals surface area contributed by atoms with Crippen molar-refractivity contribution in [2.75, 3.05) is 33.2 Å². The zero-order valence-corrected chi connectivity index (χ0v) is 21.4. The molecule has 1 heterocycles. The summed E-state index contributed by atoms with van der Waals surface area (Å²) in [5, 5.41) is 6.20. The highest BCUT2D eigenvalue weighted by Crippen LogP contribution is 2.17. The van der Waals surface area contributed by atoms with E-state index in [9.17, 15) is 13.2 Å². The summed E-state index contributed by atoms with van der Waals surface area (Å²) in [6, 6.07) is 6.64. The van der Waals surface area contributed by atoms with Crippen LogP contribution in [0, 0.1) is 0 Å². The standard InChI is InChI=1S/C20H33N5O3S.HI/c1-5-21-20(23-15-19(26)25-12-6-7-13-25)22-14-17-8-10-18(11-9-17)29(27,28)24(4)16(2)3;/h8-11,16H,5-7,12-15H2,1-4H3,(H2,21,22,23);1H. The van der Waals surface area contributed by atoms with Gasteiger partial charge in [0.25, 0.3) is 0 Å². The van der Waals surface area contributed by atoms with E-state index in [0.29, 0.717) is 19.0 Å². The zero-order chi connectivity index (χ0) is 21.4. The first kappa shape index (κ1) is 26.6. The number of nitrogens with zero attached hydrogens (tertiary/aromatic N) is 3. The number of halogens is 1. The van der Waals surface area contributed by atoms with E-state index in [0.717, 1.165) is 31.5 Å². The fraction of sp³-hybridized carbons (Fsp3) is 0.600. The molecule has 0 spiro atoms. The first-order valence-electron chi connectivity index (χ1n) is 10.1. The minimum absolute atomic E-state index is 0. The first-order chi connectivity index (χ1) is 13.8. The highest BCUT2D eigenvalue weighted by atomic mass is 127.